The Balaban J connectivity index is 2.84. The maximum Gasteiger partial charge on any atom is 0.321 e. The van der Waals surface area contributed by atoms with Crippen molar-refractivity contribution in [2.75, 3.05) is 19.5 Å². The van der Waals surface area contributed by atoms with Gasteiger partial charge in [-0.25, -0.2) is 4.79 Å². The minimum atomic E-state index is -0.609. The zero-order valence-electron chi connectivity index (χ0n) is 11.8. The molecular formula is C13H18ClN3O3. The molecule has 1 aromatic carbocycles. The fourth-order valence-corrected chi connectivity index (χ4v) is 1.68. The summed E-state index contributed by atoms with van der Waals surface area (Å²) in [7, 11) is 2.95. The highest BCUT2D eigenvalue weighted by atomic mass is 35.5. The van der Waals surface area contributed by atoms with Crippen LogP contribution in [-0.2, 0) is 4.79 Å². The van der Waals surface area contributed by atoms with Gasteiger partial charge in [0, 0.05) is 18.1 Å². The van der Waals surface area contributed by atoms with E-state index in [0.29, 0.717) is 16.5 Å². The molecule has 0 spiro atoms. The molecule has 20 heavy (non-hydrogen) atoms. The number of amides is 3. The summed E-state index contributed by atoms with van der Waals surface area (Å²) in [5, 5.41) is 8.07. The Labute approximate surface area is 122 Å². The molecule has 0 aliphatic heterocycles. The Morgan fingerprint density at radius 2 is 2.00 bits per heavy atom. The first-order chi connectivity index (χ1) is 9.38. The van der Waals surface area contributed by atoms with Gasteiger partial charge in [-0.05, 0) is 25.5 Å². The summed E-state index contributed by atoms with van der Waals surface area (Å²) in [6.07, 6.45) is 0. The lowest BCUT2D eigenvalue weighted by atomic mass is 10.2. The van der Waals surface area contributed by atoms with E-state index in [4.69, 9.17) is 16.3 Å². The van der Waals surface area contributed by atoms with Gasteiger partial charge in [-0.3, -0.25) is 10.1 Å². The van der Waals surface area contributed by atoms with E-state index >= 15 is 0 Å². The number of ether oxygens (including phenoxy) is 1. The topological polar surface area (TPSA) is 79.5 Å². The van der Waals surface area contributed by atoms with Gasteiger partial charge in [-0.15, -0.1) is 0 Å². The lowest BCUT2D eigenvalue weighted by molar-refractivity contribution is -0.120. The third-order valence-electron chi connectivity index (χ3n) is 2.71. The summed E-state index contributed by atoms with van der Waals surface area (Å²) in [6, 6.07) is 2.29. The minimum Gasteiger partial charge on any atom is -0.495 e. The van der Waals surface area contributed by atoms with Crippen LogP contribution in [0.4, 0.5) is 10.5 Å². The lowest BCUT2D eigenvalue weighted by Gasteiger charge is -2.17. The molecule has 0 unspecified atom stereocenters. The number of rotatable bonds is 4. The number of methoxy groups -OCH3 is 1. The Morgan fingerprint density at radius 1 is 1.35 bits per heavy atom. The zero-order chi connectivity index (χ0) is 15.3. The highest BCUT2D eigenvalue weighted by molar-refractivity contribution is 6.31. The van der Waals surface area contributed by atoms with Gasteiger partial charge in [0.15, 0.2) is 0 Å². The predicted octanol–water partition coefficient (Wildman–Crippen LogP) is 1.91. The van der Waals surface area contributed by atoms with E-state index in [0.717, 1.165) is 5.56 Å². The number of nitrogens with one attached hydrogen (secondary N) is 3. The zero-order valence-corrected chi connectivity index (χ0v) is 12.6. The van der Waals surface area contributed by atoms with Crippen LogP contribution in [0.2, 0.25) is 5.02 Å². The van der Waals surface area contributed by atoms with E-state index in [-0.39, 0.29) is 0 Å². The molecule has 0 heterocycles. The van der Waals surface area contributed by atoms with Crippen LogP contribution in [0.5, 0.6) is 5.75 Å². The Bertz CT molecular complexity index is 520. The number of imide groups is 1. The fraction of sp³-hybridized carbons (Fsp3) is 0.385. The van der Waals surface area contributed by atoms with Crippen LogP contribution in [-0.4, -0.2) is 32.1 Å². The van der Waals surface area contributed by atoms with Gasteiger partial charge in [0.25, 0.3) is 0 Å². The van der Waals surface area contributed by atoms with Crippen molar-refractivity contribution < 1.29 is 14.3 Å². The van der Waals surface area contributed by atoms with E-state index in [1.807, 2.05) is 6.92 Å². The number of hydrogen-bond acceptors (Lipinski definition) is 4. The molecule has 1 atom stereocenters. The van der Waals surface area contributed by atoms with Crippen molar-refractivity contribution in [2.45, 2.75) is 19.9 Å². The third kappa shape index (κ3) is 4.03. The molecule has 110 valence electrons. The molecule has 0 saturated heterocycles. The normalized spacial score (nSPS) is 11.4. The van der Waals surface area contributed by atoms with Crippen molar-refractivity contribution in [3.8, 4) is 5.75 Å². The molecule has 6 nitrogen and oxygen atoms in total. The lowest BCUT2D eigenvalue weighted by Crippen LogP contribution is -2.44. The Hall–Kier alpha value is -1.95. The Kier molecular flexibility index (Phi) is 5.64. The minimum absolute atomic E-state index is 0.445. The largest absolute Gasteiger partial charge is 0.495 e. The average Bonchev–Trinajstić information content (AvgIpc) is 2.42. The van der Waals surface area contributed by atoms with Gasteiger partial charge < -0.3 is 15.4 Å². The maximum atomic E-state index is 11.8. The SMILES string of the molecule is CNC(=O)NC(=O)[C@H](C)Nc1cc(C)c(Cl)cc1OC. The molecule has 7 heteroatoms. The van der Waals surface area contributed by atoms with Gasteiger partial charge in [0.05, 0.1) is 12.8 Å². The first-order valence-corrected chi connectivity index (χ1v) is 6.40. The first kappa shape index (κ1) is 16.1. The number of benzene rings is 1. The molecule has 0 aliphatic rings. The van der Waals surface area contributed by atoms with Gasteiger partial charge in [-0.2, -0.15) is 0 Å². The molecule has 3 N–H and O–H groups in total. The van der Waals surface area contributed by atoms with E-state index in [1.165, 1.54) is 14.2 Å². The summed E-state index contributed by atoms with van der Waals surface area (Å²) in [5.41, 5.74) is 1.49. The molecule has 0 radical (unpaired) electrons. The van der Waals surface area contributed by atoms with Crippen molar-refractivity contribution in [2.24, 2.45) is 0 Å². The molecule has 0 bridgehead atoms. The van der Waals surface area contributed by atoms with Gasteiger partial charge in [0.1, 0.15) is 11.8 Å². The Morgan fingerprint density at radius 3 is 2.55 bits per heavy atom. The first-order valence-electron chi connectivity index (χ1n) is 6.02. The predicted molar refractivity (Wildman–Crippen MR) is 78.4 cm³/mol. The van der Waals surface area contributed by atoms with Crippen LogP contribution < -0.4 is 20.7 Å². The van der Waals surface area contributed by atoms with Crippen molar-refractivity contribution in [3.05, 3.63) is 22.7 Å². The van der Waals surface area contributed by atoms with Crippen molar-refractivity contribution in [1.29, 1.82) is 0 Å². The number of anilines is 1. The maximum absolute atomic E-state index is 11.8. The molecule has 1 aromatic rings. The second kappa shape index (κ2) is 7.00. The number of carbonyl (C=O) groups is 2. The monoisotopic (exact) mass is 299 g/mol. The molecule has 1 rings (SSSR count). The van der Waals surface area contributed by atoms with Crippen molar-refractivity contribution >= 4 is 29.2 Å². The summed E-state index contributed by atoms with van der Waals surface area (Å²) >= 11 is 6.01. The number of carbonyl (C=O) groups excluding carboxylic acids is 2. The highest BCUT2D eigenvalue weighted by Gasteiger charge is 2.17. The van der Waals surface area contributed by atoms with Gasteiger partial charge in [0.2, 0.25) is 5.91 Å². The van der Waals surface area contributed by atoms with Gasteiger partial charge in [-0.1, -0.05) is 11.6 Å². The van der Waals surface area contributed by atoms with Gasteiger partial charge >= 0.3 is 6.03 Å². The summed E-state index contributed by atoms with van der Waals surface area (Å²) in [6.45, 7) is 3.49. The number of halogens is 1. The molecule has 0 aliphatic carbocycles. The summed E-state index contributed by atoms with van der Waals surface area (Å²) < 4.78 is 5.21. The van der Waals surface area contributed by atoms with Crippen LogP contribution in [0.15, 0.2) is 12.1 Å². The highest BCUT2D eigenvalue weighted by Crippen LogP contribution is 2.31. The molecular weight excluding hydrogens is 282 g/mol. The van der Waals surface area contributed by atoms with Crippen LogP contribution in [0.25, 0.3) is 0 Å². The molecule has 0 aromatic heterocycles. The quantitative estimate of drug-likeness (QED) is 0.793. The van der Waals surface area contributed by atoms with Crippen molar-refractivity contribution in [3.63, 3.8) is 0 Å². The van der Waals surface area contributed by atoms with Crippen LogP contribution >= 0.6 is 11.6 Å². The average molecular weight is 300 g/mol. The summed E-state index contributed by atoms with van der Waals surface area (Å²) in [4.78, 5) is 22.9. The third-order valence-corrected chi connectivity index (χ3v) is 3.12. The van der Waals surface area contributed by atoms with E-state index in [2.05, 4.69) is 16.0 Å². The smallest absolute Gasteiger partial charge is 0.321 e. The summed E-state index contributed by atoms with van der Waals surface area (Å²) in [5.74, 6) is 0.0826. The second-order valence-electron chi connectivity index (χ2n) is 4.24. The second-order valence-corrected chi connectivity index (χ2v) is 4.64. The van der Waals surface area contributed by atoms with Crippen molar-refractivity contribution in [1.82, 2.24) is 10.6 Å². The standard InChI is InChI=1S/C13H18ClN3O3/c1-7-5-10(11(20-4)6-9(7)14)16-8(2)12(18)17-13(19)15-3/h5-6,8,16H,1-4H3,(H2,15,17,18,19)/t8-/m0/s1. The van der Waals surface area contributed by atoms with Crippen LogP contribution in [0.3, 0.4) is 0 Å². The molecule has 0 fully saturated rings. The fourth-order valence-electron chi connectivity index (χ4n) is 1.53. The van der Waals surface area contributed by atoms with E-state index in [1.54, 1.807) is 19.1 Å². The number of hydrogen-bond donors (Lipinski definition) is 3. The number of aryl methyl sites for hydroxylation is 1. The molecule has 0 saturated carbocycles. The van der Waals surface area contributed by atoms with Crippen LogP contribution in [0.1, 0.15) is 12.5 Å². The molecule has 3 amide bonds. The van der Waals surface area contributed by atoms with E-state index in [9.17, 15) is 9.59 Å². The van der Waals surface area contributed by atoms with E-state index < -0.39 is 18.0 Å². The number of urea groups is 1. The van der Waals surface area contributed by atoms with Crippen LogP contribution in [0, 0.1) is 6.92 Å².